The minimum Gasteiger partial charge on any atom is -0.252 e. The quantitative estimate of drug-likeness (QED) is 0.477. The van der Waals surface area contributed by atoms with Gasteiger partial charge in [-0.3, -0.25) is 4.98 Å². The molecule has 0 aliphatic heterocycles. The van der Waals surface area contributed by atoms with Crippen LogP contribution >= 0.6 is 0 Å². The van der Waals surface area contributed by atoms with Crippen LogP contribution in [0.2, 0.25) is 0 Å². The summed E-state index contributed by atoms with van der Waals surface area (Å²) < 4.78 is 0. The van der Waals surface area contributed by atoms with Gasteiger partial charge in [-0.2, -0.15) is 0 Å². The molecular formula is C23H18N2. The number of hydrogen-bond donors (Lipinski definition) is 0. The van der Waals surface area contributed by atoms with Crippen molar-refractivity contribution in [1.82, 2.24) is 9.97 Å². The molecule has 0 atom stereocenters. The Bertz CT molecular complexity index is 993. The lowest BCUT2D eigenvalue weighted by Gasteiger charge is -2.12. The van der Waals surface area contributed by atoms with Gasteiger partial charge >= 0.3 is 0 Å². The van der Waals surface area contributed by atoms with E-state index in [4.69, 9.17) is 9.97 Å². The van der Waals surface area contributed by atoms with E-state index in [0.717, 1.165) is 33.8 Å². The van der Waals surface area contributed by atoms with Crippen LogP contribution in [0.3, 0.4) is 0 Å². The summed E-state index contributed by atoms with van der Waals surface area (Å²) in [5, 5.41) is 0. The summed E-state index contributed by atoms with van der Waals surface area (Å²) in [7, 11) is 0. The number of nitrogens with zero attached hydrogens (tertiary/aromatic N) is 2. The summed E-state index contributed by atoms with van der Waals surface area (Å²) in [5.41, 5.74) is 7.18. The van der Waals surface area contributed by atoms with Gasteiger partial charge in [-0.15, -0.1) is 0 Å². The molecule has 3 aromatic carbocycles. The van der Waals surface area contributed by atoms with Crippen molar-refractivity contribution < 1.29 is 0 Å². The topological polar surface area (TPSA) is 25.8 Å². The molecule has 0 fully saturated rings. The normalized spacial score (nSPS) is 10.6. The molecule has 4 rings (SSSR count). The van der Waals surface area contributed by atoms with E-state index in [1.807, 2.05) is 54.7 Å². The van der Waals surface area contributed by atoms with Crippen LogP contribution in [-0.2, 0) is 0 Å². The lowest BCUT2D eigenvalue weighted by atomic mass is 10.0. The molecule has 4 aromatic rings. The predicted octanol–water partition coefficient (Wildman–Crippen LogP) is 5.79. The van der Waals surface area contributed by atoms with Crippen molar-refractivity contribution in [2.24, 2.45) is 0 Å². The Balaban J connectivity index is 1.94. The molecule has 0 saturated carbocycles. The van der Waals surface area contributed by atoms with Gasteiger partial charge in [-0.05, 0) is 12.5 Å². The van der Waals surface area contributed by atoms with Gasteiger partial charge < -0.3 is 0 Å². The summed E-state index contributed by atoms with van der Waals surface area (Å²) in [4.78, 5) is 9.77. The van der Waals surface area contributed by atoms with E-state index in [1.54, 1.807) is 0 Å². The second-order valence-electron chi connectivity index (χ2n) is 6.00. The number of aromatic nitrogens is 2. The zero-order valence-electron chi connectivity index (χ0n) is 14.1. The second kappa shape index (κ2) is 6.70. The van der Waals surface area contributed by atoms with E-state index in [1.165, 1.54) is 5.56 Å². The number of rotatable bonds is 3. The maximum absolute atomic E-state index is 4.99. The highest BCUT2D eigenvalue weighted by Gasteiger charge is 2.13. The number of aryl methyl sites for hydroxylation is 1. The van der Waals surface area contributed by atoms with E-state index < -0.39 is 0 Å². The molecule has 0 amide bonds. The van der Waals surface area contributed by atoms with Crippen molar-refractivity contribution in [2.45, 2.75) is 6.92 Å². The third-order valence-electron chi connectivity index (χ3n) is 4.29. The molecule has 2 nitrogen and oxygen atoms in total. The van der Waals surface area contributed by atoms with Crippen molar-refractivity contribution in [2.75, 3.05) is 0 Å². The van der Waals surface area contributed by atoms with Crippen molar-refractivity contribution in [3.63, 3.8) is 0 Å². The lowest BCUT2D eigenvalue weighted by Crippen LogP contribution is -1.96. The van der Waals surface area contributed by atoms with Crippen LogP contribution in [-0.4, -0.2) is 9.97 Å². The van der Waals surface area contributed by atoms with Gasteiger partial charge in [0.05, 0.1) is 23.3 Å². The van der Waals surface area contributed by atoms with Crippen LogP contribution in [0.5, 0.6) is 0 Å². The van der Waals surface area contributed by atoms with Crippen LogP contribution in [0.1, 0.15) is 5.56 Å². The maximum atomic E-state index is 4.99. The second-order valence-corrected chi connectivity index (χ2v) is 6.00. The Kier molecular flexibility index (Phi) is 4.09. The van der Waals surface area contributed by atoms with Crippen LogP contribution in [0, 0.1) is 6.92 Å². The smallest absolute Gasteiger partial charge is 0.0972 e. The zero-order valence-corrected chi connectivity index (χ0v) is 14.1. The minimum absolute atomic E-state index is 0.900. The van der Waals surface area contributed by atoms with Gasteiger partial charge in [0.1, 0.15) is 0 Å². The predicted molar refractivity (Wildman–Crippen MR) is 103 cm³/mol. The van der Waals surface area contributed by atoms with Crippen LogP contribution < -0.4 is 0 Å². The number of benzene rings is 3. The first kappa shape index (κ1) is 15.3. The van der Waals surface area contributed by atoms with Crippen LogP contribution in [0.4, 0.5) is 0 Å². The van der Waals surface area contributed by atoms with Gasteiger partial charge in [0.15, 0.2) is 0 Å². The van der Waals surface area contributed by atoms with Gasteiger partial charge in [-0.25, -0.2) is 4.98 Å². The molecular weight excluding hydrogens is 304 g/mol. The Labute approximate surface area is 147 Å². The molecule has 0 saturated heterocycles. The van der Waals surface area contributed by atoms with E-state index in [9.17, 15) is 0 Å². The third-order valence-corrected chi connectivity index (χ3v) is 4.29. The van der Waals surface area contributed by atoms with E-state index in [-0.39, 0.29) is 0 Å². The van der Waals surface area contributed by atoms with Gasteiger partial charge in [-0.1, -0.05) is 84.9 Å². The summed E-state index contributed by atoms with van der Waals surface area (Å²) in [5.74, 6) is 0. The molecule has 0 unspecified atom stereocenters. The highest BCUT2D eigenvalue weighted by molar-refractivity contribution is 5.79. The summed E-state index contributed by atoms with van der Waals surface area (Å²) >= 11 is 0. The Morgan fingerprint density at radius 1 is 0.600 bits per heavy atom. The average molecular weight is 322 g/mol. The Morgan fingerprint density at radius 2 is 1.16 bits per heavy atom. The summed E-state index contributed by atoms with van der Waals surface area (Å²) in [6.07, 6.45) is 1.87. The van der Waals surface area contributed by atoms with Gasteiger partial charge in [0.25, 0.3) is 0 Å². The molecule has 0 bridgehead atoms. The standard InChI is InChI=1S/C23H18N2/c1-17-10-8-9-15-20(17)21-16-24-22(18-11-4-2-5-12-18)23(25-21)19-13-6-3-7-14-19/h2-16H,1H3. The van der Waals surface area contributed by atoms with Crippen LogP contribution in [0.15, 0.2) is 91.1 Å². The van der Waals surface area contributed by atoms with E-state index in [0.29, 0.717) is 0 Å². The molecule has 0 N–H and O–H groups in total. The highest BCUT2D eigenvalue weighted by atomic mass is 14.8. The first-order chi connectivity index (χ1) is 12.3. The van der Waals surface area contributed by atoms with E-state index in [2.05, 4.69) is 43.3 Å². The molecule has 2 heteroatoms. The number of hydrogen-bond acceptors (Lipinski definition) is 2. The SMILES string of the molecule is Cc1ccccc1-c1cnc(-c2ccccc2)c(-c2ccccc2)n1. The van der Waals surface area contributed by atoms with Crippen molar-refractivity contribution in [1.29, 1.82) is 0 Å². The van der Waals surface area contributed by atoms with Crippen molar-refractivity contribution in [3.05, 3.63) is 96.7 Å². The van der Waals surface area contributed by atoms with Gasteiger partial charge in [0, 0.05) is 16.7 Å². The zero-order chi connectivity index (χ0) is 17.1. The molecule has 0 aliphatic carbocycles. The highest BCUT2D eigenvalue weighted by Crippen LogP contribution is 2.31. The minimum atomic E-state index is 0.900. The first-order valence-corrected chi connectivity index (χ1v) is 8.37. The molecule has 25 heavy (non-hydrogen) atoms. The first-order valence-electron chi connectivity index (χ1n) is 8.37. The Hall–Kier alpha value is -3.26. The fourth-order valence-corrected chi connectivity index (χ4v) is 2.98. The Morgan fingerprint density at radius 3 is 1.80 bits per heavy atom. The van der Waals surface area contributed by atoms with E-state index >= 15 is 0 Å². The fourth-order valence-electron chi connectivity index (χ4n) is 2.98. The van der Waals surface area contributed by atoms with Gasteiger partial charge in [0.2, 0.25) is 0 Å². The largest absolute Gasteiger partial charge is 0.252 e. The lowest BCUT2D eigenvalue weighted by molar-refractivity contribution is 1.21. The molecule has 0 radical (unpaired) electrons. The third kappa shape index (κ3) is 3.07. The van der Waals surface area contributed by atoms with Crippen molar-refractivity contribution >= 4 is 0 Å². The summed E-state index contributed by atoms with van der Waals surface area (Å²) in [6.45, 7) is 2.10. The summed E-state index contributed by atoms with van der Waals surface area (Å²) in [6, 6.07) is 28.7. The molecule has 0 spiro atoms. The van der Waals surface area contributed by atoms with Crippen molar-refractivity contribution in [3.8, 4) is 33.8 Å². The molecule has 1 heterocycles. The maximum Gasteiger partial charge on any atom is 0.0972 e. The van der Waals surface area contributed by atoms with Crippen LogP contribution in [0.25, 0.3) is 33.8 Å². The molecule has 0 aliphatic rings. The monoisotopic (exact) mass is 322 g/mol. The average Bonchev–Trinajstić information content (AvgIpc) is 2.69. The molecule has 120 valence electrons. The fraction of sp³-hybridized carbons (Fsp3) is 0.0435. The molecule has 1 aromatic heterocycles.